The number of nitrogens with two attached hydrogens (primary N) is 1. The lowest BCUT2D eigenvalue weighted by atomic mass is 10.2. The van der Waals surface area contributed by atoms with Crippen LogP contribution in [0.15, 0.2) is 36.3 Å². The molecule has 0 bridgehead atoms. The minimum atomic E-state index is 0.136. The Labute approximate surface area is 91.8 Å². The Balaban J connectivity index is 2.05. The summed E-state index contributed by atoms with van der Waals surface area (Å²) in [6, 6.07) is 7.35. The van der Waals surface area contributed by atoms with Gasteiger partial charge in [-0.05, 0) is 17.7 Å². The van der Waals surface area contributed by atoms with Crippen molar-refractivity contribution in [3.63, 3.8) is 0 Å². The van der Waals surface area contributed by atoms with E-state index < -0.39 is 0 Å². The molecule has 80 valence electrons. The van der Waals surface area contributed by atoms with Gasteiger partial charge in [0.25, 0.3) is 0 Å². The van der Waals surface area contributed by atoms with Gasteiger partial charge >= 0.3 is 0 Å². The first-order chi connectivity index (χ1) is 7.15. The molecule has 6 heteroatoms. The molecule has 1 aliphatic rings. The lowest BCUT2D eigenvalue weighted by Gasteiger charge is -2.15. The topological polar surface area (TPSA) is 62.0 Å². The van der Waals surface area contributed by atoms with Crippen molar-refractivity contribution in [1.29, 1.82) is 0 Å². The molecule has 1 aromatic carbocycles. The molecule has 0 aliphatic carbocycles. The monoisotopic (exact) mass is 227 g/mol. The zero-order chi connectivity index (χ0) is 10.8. The van der Waals surface area contributed by atoms with Crippen molar-refractivity contribution in [2.24, 2.45) is 5.73 Å². The van der Waals surface area contributed by atoms with Crippen LogP contribution in [0.25, 0.3) is 0 Å². The van der Waals surface area contributed by atoms with Crippen molar-refractivity contribution in [3.05, 3.63) is 46.9 Å². The second-order valence-electron chi connectivity index (χ2n) is 3.11. The van der Waals surface area contributed by atoms with E-state index in [1.54, 1.807) is 6.07 Å². The third-order valence-corrected chi connectivity index (χ3v) is 2.14. The molecule has 0 unspecified atom stereocenters. The number of hydroxylamine groups is 4. The Morgan fingerprint density at radius 1 is 1.47 bits per heavy atom. The average molecular weight is 228 g/mol. The van der Waals surface area contributed by atoms with E-state index in [1.807, 2.05) is 18.2 Å². The van der Waals surface area contributed by atoms with Crippen LogP contribution in [0.1, 0.15) is 5.56 Å². The molecule has 1 aliphatic heterocycles. The van der Waals surface area contributed by atoms with Gasteiger partial charge in [-0.2, -0.15) is 0 Å². The van der Waals surface area contributed by atoms with Gasteiger partial charge in [0, 0.05) is 5.02 Å². The number of hydrogen-bond acceptors (Lipinski definition) is 5. The van der Waals surface area contributed by atoms with Gasteiger partial charge in [-0.3, -0.25) is 5.21 Å². The standard InChI is InChI=1S/C9H10ClN3O2/c10-8-3-1-2-7(4-8)5-12-6-9(11)13(14)15-12/h1-4,6,14H,5,11H2. The van der Waals surface area contributed by atoms with Crippen molar-refractivity contribution >= 4 is 11.6 Å². The molecule has 0 atom stereocenters. The Bertz CT molecular complexity index is 397. The summed E-state index contributed by atoms with van der Waals surface area (Å²) in [7, 11) is 0. The van der Waals surface area contributed by atoms with Crippen molar-refractivity contribution in [3.8, 4) is 0 Å². The SMILES string of the molecule is NC1=CN(Cc2cccc(Cl)c2)ON1O. The molecular weight excluding hydrogens is 218 g/mol. The summed E-state index contributed by atoms with van der Waals surface area (Å²) in [4.78, 5) is 4.88. The molecular formula is C9H10ClN3O2. The van der Waals surface area contributed by atoms with Crippen molar-refractivity contribution in [2.45, 2.75) is 6.54 Å². The fraction of sp³-hybridized carbons (Fsp3) is 0.111. The first-order valence-electron chi connectivity index (χ1n) is 4.30. The third-order valence-electron chi connectivity index (χ3n) is 1.91. The van der Waals surface area contributed by atoms with E-state index in [2.05, 4.69) is 0 Å². The van der Waals surface area contributed by atoms with Gasteiger partial charge < -0.3 is 5.73 Å². The molecule has 0 saturated heterocycles. The van der Waals surface area contributed by atoms with Crippen molar-refractivity contribution < 1.29 is 10.1 Å². The predicted molar refractivity (Wildman–Crippen MR) is 54.0 cm³/mol. The zero-order valence-corrected chi connectivity index (χ0v) is 8.55. The maximum absolute atomic E-state index is 9.05. The van der Waals surface area contributed by atoms with Crippen LogP contribution >= 0.6 is 11.6 Å². The predicted octanol–water partition coefficient (Wildman–Crippen LogP) is 1.45. The van der Waals surface area contributed by atoms with Gasteiger partial charge in [0.15, 0.2) is 5.82 Å². The molecule has 0 fully saturated rings. The van der Waals surface area contributed by atoms with E-state index in [0.717, 1.165) is 5.56 Å². The van der Waals surface area contributed by atoms with Crippen LogP contribution < -0.4 is 5.73 Å². The zero-order valence-electron chi connectivity index (χ0n) is 7.80. The molecule has 1 heterocycles. The summed E-state index contributed by atoms with van der Waals surface area (Å²) in [6.45, 7) is 0.457. The second-order valence-corrected chi connectivity index (χ2v) is 3.55. The number of hydrogen-bond donors (Lipinski definition) is 2. The Morgan fingerprint density at radius 3 is 2.87 bits per heavy atom. The Hall–Kier alpha value is -1.43. The summed E-state index contributed by atoms with van der Waals surface area (Å²) >= 11 is 5.83. The van der Waals surface area contributed by atoms with Gasteiger partial charge in [-0.1, -0.05) is 29.0 Å². The molecule has 15 heavy (non-hydrogen) atoms. The first-order valence-corrected chi connectivity index (χ1v) is 4.68. The van der Waals surface area contributed by atoms with Crippen LogP contribution in [-0.2, 0) is 11.5 Å². The maximum Gasteiger partial charge on any atom is 0.176 e. The highest BCUT2D eigenvalue weighted by Gasteiger charge is 2.18. The minimum Gasteiger partial charge on any atom is -0.380 e. The largest absolute Gasteiger partial charge is 0.380 e. The van der Waals surface area contributed by atoms with Crippen LogP contribution in [0.3, 0.4) is 0 Å². The van der Waals surface area contributed by atoms with Gasteiger partial charge in [-0.25, -0.2) is 5.06 Å². The summed E-state index contributed by atoms with van der Waals surface area (Å²) < 4.78 is 0. The fourth-order valence-corrected chi connectivity index (χ4v) is 1.47. The van der Waals surface area contributed by atoms with Crippen molar-refractivity contribution in [2.75, 3.05) is 0 Å². The molecule has 5 nitrogen and oxygen atoms in total. The van der Waals surface area contributed by atoms with E-state index >= 15 is 0 Å². The third kappa shape index (κ3) is 2.33. The number of rotatable bonds is 2. The summed E-state index contributed by atoms with van der Waals surface area (Å²) in [5.41, 5.74) is 6.36. The summed E-state index contributed by atoms with van der Waals surface area (Å²) in [5, 5.41) is 11.6. The highest BCUT2D eigenvalue weighted by Crippen LogP contribution is 2.17. The molecule has 0 radical (unpaired) electrons. The molecule has 0 spiro atoms. The maximum atomic E-state index is 9.05. The second kappa shape index (κ2) is 3.98. The Morgan fingerprint density at radius 2 is 2.27 bits per heavy atom. The molecule has 2 rings (SSSR count). The van der Waals surface area contributed by atoms with Crippen LogP contribution in [0.4, 0.5) is 0 Å². The molecule has 3 N–H and O–H groups in total. The molecule has 0 saturated carbocycles. The van der Waals surface area contributed by atoms with Crippen LogP contribution in [0.2, 0.25) is 5.02 Å². The highest BCUT2D eigenvalue weighted by atomic mass is 35.5. The summed E-state index contributed by atoms with van der Waals surface area (Å²) in [5.74, 6) is 0.136. The van der Waals surface area contributed by atoms with Gasteiger partial charge in [0.05, 0.1) is 12.7 Å². The molecule has 0 aromatic heterocycles. The molecule has 1 aromatic rings. The van der Waals surface area contributed by atoms with Gasteiger partial charge in [0.1, 0.15) is 0 Å². The number of nitrogens with zero attached hydrogens (tertiary/aromatic N) is 2. The first kappa shape index (κ1) is 10.1. The van der Waals surface area contributed by atoms with E-state index in [4.69, 9.17) is 27.5 Å². The highest BCUT2D eigenvalue weighted by molar-refractivity contribution is 6.30. The van der Waals surface area contributed by atoms with E-state index in [-0.39, 0.29) is 5.82 Å². The van der Waals surface area contributed by atoms with Gasteiger partial charge in [0.2, 0.25) is 0 Å². The van der Waals surface area contributed by atoms with E-state index in [0.29, 0.717) is 16.8 Å². The minimum absolute atomic E-state index is 0.136. The average Bonchev–Trinajstić information content (AvgIpc) is 2.45. The lowest BCUT2D eigenvalue weighted by molar-refractivity contribution is -0.389. The quantitative estimate of drug-likeness (QED) is 0.801. The molecule has 0 amide bonds. The van der Waals surface area contributed by atoms with Crippen LogP contribution in [-0.4, -0.2) is 15.5 Å². The normalized spacial score (nSPS) is 15.7. The number of halogens is 1. The smallest absolute Gasteiger partial charge is 0.176 e. The van der Waals surface area contributed by atoms with Crippen molar-refractivity contribution in [1.82, 2.24) is 10.3 Å². The van der Waals surface area contributed by atoms with E-state index in [1.165, 1.54) is 11.3 Å². The van der Waals surface area contributed by atoms with Crippen LogP contribution in [0.5, 0.6) is 0 Å². The van der Waals surface area contributed by atoms with Gasteiger partial charge in [-0.15, -0.1) is 4.94 Å². The Kier molecular flexibility index (Phi) is 2.68. The lowest BCUT2D eigenvalue weighted by Crippen LogP contribution is -2.22. The van der Waals surface area contributed by atoms with Crippen LogP contribution in [0, 0.1) is 0 Å². The summed E-state index contributed by atoms with van der Waals surface area (Å²) in [6.07, 6.45) is 1.49. The van der Waals surface area contributed by atoms with E-state index in [9.17, 15) is 0 Å². The fourth-order valence-electron chi connectivity index (χ4n) is 1.26. The number of benzene rings is 1.